The molecule has 1 aromatic carbocycles. The molecule has 2 aromatic heterocycles. The van der Waals surface area contributed by atoms with Gasteiger partial charge in [0, 0.05) is 30.9 Å². The Bertz CT molecular complexity index is 1030. The zero-order valence-electron chi connectivity index (χ0n) is 15.2. The second kappa shape index (κ2) is 7.80. The van der Waals surface area contributed by atoms with Crippen LogP contribution in [0.25, 0.3) is 11.3 Å². The van der Waals surface area contributed by atoms with Crippen LogP contribution in [-0.4, -0.2) is 39.2 Å². The number of pyridine rings is 1. The van der Waals surface area contributed by atoms with Gasteiger partial charge in [0.15, 0.2) is 0 Å². The fourth-order valence-corrected chi connectivity index (χ4v) is 3.24. The highest BCUT2D eigenvalue weighted by Gasteiger charge is 2.31. The largest absolute Gasteiger partial charge is 0.416 e. The van der Waals surface area contributed by atoms with E-state index in [1.165, 1.54) is 18.2 Å². The van der Waals surface area contributed by atoms with Crippen LogP contribution >= 0.6 is 0 Å². The Morgan fingerprint density at radius 2 is 1.97 bits per heavy atom. The third kappa shape index (κ3) is 4.38. The summed E-state index contributed by atoms with van der Waals surface area (Å²) in [5.41, 5.74) is 0.984. The molecule has 152 valence electrons. The van der Waals surface area contributed by atoms with E-state index in [1.807, 2.05) is 0 Å². The number of ether oxygens (including phenoxy) is 1. The summed E-state index contributed by atoms with van der Waals surface area (Å²) in [7, 11) is 0. The van der Waals surface area contributed by atoms with Crippen LogP contribution in [0.2, 0.25) is 0 Å². The van der Waals surface area contributed by atoms with Gasteiger partial charge in [0.2, 0.25) is 5.56 Å². The molecule has 0 bridgehead atoms. The Kier molecular flexibility index (Phi) is 5.20. The van der Waals surface area contributed by atoms with Crippen LogP contribution in [0.15, 0.2) is 53.6 Å². The van der Waals surface area contributed by atoms with Gasteiger partial charge in [-0.25, -0.2) is 4.68 Å². The summed E-state index contributed by atoms with van der Waals surface area (Å²) in [5.74, 6) is 0. The lowest BCUT2D eigenvalue weighted by atomic mass is 10.1. The molecule has 3 heterocycles. The quantitative estimate of drug-likeness (QED) is 0.681. The van der Waals surface area contributed by atoms with Crippen LogP contribution in [0.5, 0.6) is 0 Å². The molecule has 2 N–H and O–H groups in total. The van der Waals surface area contributed by atoms with Crippen LogP contribution in [-0.2, 0) is 17.5 Å². The summed E-state index contributed by atoms with van der Waals surface area (Å²) in [6.07, 6.45) is -1.27. The molecular weight excluding hydrogens is 387 g/mol. The Morgan fingerprint density at radius 3 is 2.69 bits per heavy atom. The average molecular weight is 405 g/mol. The summed E-state index contributed by atoms with van der Waals surface area (Å²) in [4.78, 5) is 14.0. The van der Waals surface area contributed by atoms with Gasteiger partial charge < -0.3 is 15.0 Å². The summed E-state index contributed by atoms with van der Waals surface area (Å²) in [6.45, 7) is 1.40. The zero-order chi connectivity index (χ0) is 20.4. The summed E-state index contributed by atoms with van der Waals surface area (Å²) in [6, 6.07) is 8.00. The summed E-state index contributed by atoms with van der Waals surface area (Å²) >= 11 is 0. The normalized spacial score (nSPS) is 19.6. The Balaban J connectivity index is 1.43. The first-order valence-corrected chi connectivity index (χ1v) is 8.99. The van der Waals surface area contributed by atoms with E-state index in [2.05, 4.69) is 20.6 Å². The van der Waals surface area contributed by atoms with Crippen molar-refractivity contribution in [2.75, 3.05) is 13.1 Å². The summed E-state index contributed by atoms with van der Waals surface area (Å²) in [5, 5.41) is 11.5. The highest BCUT2D eigenvalue weighted by Crippen LogP contribution is 2.29. The van der Waals surface area contributed by atoms with Crippen molar-refractivity contribution in [3.63, 3.8) is 0 Å². The van der Waals surface area contributed by atoms with Crippen molar-refractivity contribution in [2.24, 2.45) is 0 Å². The number of rotatable bonds is 5. The number of nitrogens with zero attached hydrogens (tertiary/aromatic N) is 3. The number of benzene rings is 1. The third-order valence-corrected chi connectivity index (χ3v) is 4.79. The summed E-state index contributed by atoms with van der Waals surface area (Å²) < 4.78 is 45.6. The first-order valence-electron chi connectivity index (χ1n) is 8.99. The Hall–Kier alpha value is -2.98. The van der Waals surface area contributed by atoms with Crippen molar-refractivity contribution in [3.8, 4) is 11.3 Å². The number of aromatic amines is 1. The van der Waals surface area contributed by atoms with Crippen LogP contribution in [0.3, 0.4) is 0 Å². The lowest BCUT2D eigenvalue weighted by molar-refractivity contribution is -0.137. The number of hydrogen-bond donors (Lipinski definition) is 2. The number of halogens is 3. The highest BCUT2D eigenvalue weighted by molar-refractivity contribution is 5.56. The molecule has 0 radical (unpaired) electrons. The van der Waals surface area contributed by atoms with E-state index in [1.54, 1.807) is 23.1 Å². The van der Waals surface area contributed by atoms with E-state index in [0.29, 0.717) is 29.9 Å². The van der Waals surface area contributed by atoms with Crippen LogP contribution in [0, 0.1) is 0 Å². The van der Waals surface area contributed by atoms with Crippen molar-refractivity contribution in [3.05, 3.63) is 70.3 Å². The topological polar surface area (TPSA) is 84.8 Å². The van der Waals surface area contributed by atoms with Gasteiger partial charge in [0.1, 0.15) is 5.69 Å². The Morgan fingerprint density at radius 1 is 1.17 bits per heavy atom. The molecular formula is C19H18F3N5O2. The minimum absolute atomic E-state index is 0.118. The van der Waals surface area contributed by atoms with Crippen molar-refractivity contribution in [1.82, 2.24) is 25.3 Å². The minimum atomic E-state index is -4.35. The molecule has 1 fully saturated rings. The van der Waals surface area contributed by atoms with Crippen molar-refractivity contribution in [1.29, 1.82) is 0 Å². The van der Waals surface area contributed by atoms with Crippen LogP contribution in [0.1, 0.15) is 17.2 Å². The maximum Gasteiger partial charge on any atom is 0.416 e. The predicted octanol–water partition coefficient (Wildman–Crippen LogP) is 2.38. The van der Waals surface area contributed by atoms with Crippen LogP contribution in [0.4, 0.5) is 13.2 Å². The van der Waals surface area contributed by atoms with Gasteiger partial charge in [-0.15, -0.1) is 5.10 Å². The van der Waals surface area contributed by atoms with Gasteiger partial charge in [0.25, 0.3) is 0 Å². The molecule has 2 atom stereocenters. The minimum Gasteiger partial charge on any atom is -0.370 e. The van der Waals surface area contributed by atoms with Gasteiger partial charge >= 0.3 is 6.18 Å². The van der Waals surface area contributed by atoms with E-state index in [-0.39, 0.29) is 24.3 Å². The molecule has 1 saturated heterocycles. The second-order valence-corrected chi connectivity index (χ2v) is 6.80. The molecule has 3 aromatic rings. The van der Waals surface area contributed by atoms with E-state index < -0.39 is 11.7 Å². The fraction of sp³-hybridized carbons (Fsp3) is 0.316. The first-order chi connectivity index (χ1) is 13.9. The standard InChI is InChI=1S/C19H18F3N5O2/c20-19(21,22)14-3-1-12(2-4-14)11-29-17-9-23-8-16(17)27-10-15(25-26-27)13-5-6-24-18(28)7-13/h1-7,10,16-17,23H,8-9,11H2,(H,24,28)/t16-,17-/m1/s1. The van der Waals surface area contributed by atoms with Crippen molar-refractivity contribution >= 4 is 0 Å². The average Bonchev–Trinajstić information content (AvgIpc) is 3.35. The highest BCUT2D eigenvalue weighted by atomic mass is 19.4. The molecule has 0 aliphatic carbocycles. The first kappa shape index (κ1) is 19.3. The van der Waals surface area contributed by atoms with Gasteiger partial charge in [0.05, 0.1) is 30.5 Å². The predicted molar refractivity (Wildman–Crippen MR) is 98.0 cm³/mol. The smallest absolute Gasteiger partial charge is 0.370 e. The number of hydrogen-bond acceptors (Lipinski definition) is 5. The third-order valence-electron chi connectivity index (χ3n) is 4.79. The van der Waals surface area contributed by atoms with Crippen molar-refractivity contribution < 1.29 is 17.9 Å². The molecule has 0 amide bonds. The monoisotopic (exact) mass is 405 g/mol. The maximum absolute atomic E-state index is 12.7. The van der Waals surface area contributed by atoms with Gasteiger partial charge in [-0.3, -0.25) is 4.79 Å². The van der Waals surface area contributed by atoms with Crippen molar-refractivity contribution in [2.45, 2.75) is 24.9 Å². The fourth-order valence-electron chi connectivity index (χ4n) is 3.24. The van der Waals surface area contributed by atoms with Crippen LogP contribution < -0.4 is 10.9 Å². The van der Waals surface area contributed by atoms with E-state index in [9.17, 15) is 18.0 Å². The molecule has 4 rings (SSSR count). The maximum atomic E-state index is 12.7. The van der Waals surface area contributed by atoms with E-state index >= 15 is 0 Å². The second-order valence-electron chi connectivity index (χ2n) is 6.80. The molecule has 1 aliphatic heterocycles. The molecule has 29 heavy (non-hydrogen) atoms. The molecule has 10 heteroatoms. The van der Waals surface area contributed by atoms with Gasteiger partial charge in [-0.1, -0.05) is 17.3 Å². The van der Waals surface area contributed by atoms with E-state index in [0.717, 1.165) is 12.1 Å². The molecule has 0 saturated carbocycles. The molecule has 0 unspecified atom stereocenters. The number of nitrogens with one attached hydrogen (secondary N) is 2. The Labute approximate surface area is 163 Å². The zero-order valence-corrected chi connectivity index (χ0v) is 15.2. The SMILES string of the molecule is O=c1cc(-c2cn([C@@H]3CNC[C@H]3OCc3ccc(C(F)(F)F)cc3)nn2)cc[nH]1. The number of alkyl halides is 3. The lowest BCUT2D eigenvalue weighted by Gasteiger charge is -2.19. The number of H-pyrrole nitrogens is 1. The van der Waals surface area contributed by atoms with Gasteiger partial charge in [-0.2, -0.15) is 13.2 Å². The van der Waals surface area contributed by atoms with Gasteiger partial charge in [-0.05, 0) is 23.8 Å². The molecule has 7 nitrogen and oxygen atoms in total. The lowest BCUT2D eigenvalue weighted by Crippen LogP contribution is -2.26. The molecule has 0 spiro atoms. The number of aromatic nitrogens is 4. The molecule has 1 aliphatic rings. The van der Waals surface area contributed by atoms with E-state index in [4.69, 9.17) is 4.74 Å².